The van der Waals surface area contributed by atoms with Gasteiger partial charge in [-0.15, -0.1) is 0 Å². The standard InChI is InChI=1S/C15H20O11/c1-6(16)22-10-11(23-7(2)17)13(24-8(3)18)15(25-9(4)19)26-12(10)14(20)21-5/h10-13,15H,1-5H3/t10-,11-,12+,13+,15?/m0/s1. The molecule has 1 aliphatic rings. The number of rotatable bonds is 5. The second kappa shape index (κ2) is 9.13. The number of hydrogen-bond donors (Lipinski definition) is 0. The van der Waals surface area contributed by atoms with Crippen molar-refractivity contribution in [2.24, 2.45) is 0 Å². The van der Waals surface area contributed by atoms with Crippen molar-refractivity contribution in [3.05, 3.63) is 0 Å². The van der Waals surface area contributed by atoms with Gasteiger partial charge in [0.15, 0.2) is 18.3 Å². The van der Waals surface area contributed by atoms with Crippen molar-refractivity contribution in [1.29, 1.82) is 0 Å². The summed E-state index contributed by atoms with van der Waals surface area (Å²) >= 11 is 0. The minimum Gasteiger partial charge on any atom is -0.467 e. The lowest BCUT2D eigenvalue weighted by molar-refractivity contribution is -0.294. The molecule has 1 fully saturated rings. The Morgan fingerprint density at radius 2 is 1.08 bits per heavy atom. The third-order valence-corrected chi connectivity index (χ3v) is 3.12. The van der Waals surface area contributed by atoms with Gasteiger partial charge in [-0.25, -0.2) is 4.79 Å². The Labute approximate surface area is 148 Å². The van der Waals surface area contributed by atoms with Crippen LogP contribution in [0.3, 0.4) is 0 Å². The van der Waals surface area contributed by atoms with E-state index in [0.717, 1.165) is 34.8 Å². The summed E-state index contributed by atoms with van der Waals surface area (Å²) in [7, 11) is 1.05. The van der Waals surface area contributed by atoms with E-state index in [-0.39, 0.29) is 0 Å². The maximum atomic E-state index is 12.0. The molecule has 0 aromatic heterocycles. The van der Waals surface area contributed by atoms with E-state index in [1.165, 1.54) is 0 Å². The van der Waals surface area contributed by atoms with Gasteiger partial charge in [0.05, 0.1) is 7.11 Å². The summed E-state index contributed by atoms with van der Waals surface area (Å²) in [5.74, 6) is -4.25. The molecule has 0 bridgehead atoms. The Morgan fingerprint density at radius 1 is 0.654 bits per heavy atom. The molecule has 0 spiro atoms. The Hall–Kier alpha value is -2.69. The van der Waals surface area contributed by atoms with Crippen molar-refractivity contribution in [2.45, 2.75) is 58.4 Å². The van der Waals surface area contributed by atoms with Gasteiger partial charge in [-0.1, -0.05) is 0 Å². The van der Waals surface area contributed by atoms with Crippen LogP contribution in [0.1, 0.15) is 27.7 Å². The fourth-order valence-electron chi connectivity index (χ4n) is 2.34. The molecular weight excluding hydrogens is 356 g/mol. The quantitative estimate of drug-likeness (QED) is 0.441. The van der Waals surface area contributed by atoms with E-state index in [1.807, 2.05) is 0 Å². The lowest BCUT2D eigenvalue weighted by Gasteiger charge is -2.42. The predicted molar refractivity (Wildman–Crippen MR) is 79.1 cm³/mol. The second-order valence-electron chi connectivity index (χ2n) is 5.28. The molecule has 0 amide bonds. The zero-order valence-electron chi connectivity index (χ0n) is 14.9. The molecule has 26 heavy (non-hydrogen) atoms. The first-order valence-corrected chi connectivity index (χ1v) is 7.49. The summed E-state index contributed by atoms with van der Waals surface area (Å²) in [5, 5.41) is 0. The van der Waals surface area contributed by atoms with Crippen molar-refractivity contribution in [2.75, 3.05) is 7.11 Å². The first-order chi connectivity index (χ1) is 12.1. The molecule has 11 heteroatoms. The largest absolute Gasteiger partial charge is 0.467 e. The first kappa shape index (κ1) is 21.4. The number of hydrogen-bond acceptors (Lipinski definition) is 11. The number of esters is 5. The van der Waals surface area contributed by atoms with Gasteiger partial charge in [-0.2, -0.15) is 0 Å². The molecule has 0 saturated carbocycles. The van der Waals surface area contributed by atoms with Crippen LogP contribution in [0.15, 0.2) is 0 Å². The van der Waals surface area contributed by atoms with Crippen molar-refractivity contribution in [3.8, 4) is 0 Å². The van der Waals surface area contributed by atoms with E-state index in [4.69, 9.17) is 23.7 Å². The van der Waals surface area contributed by atoms with Crippen LogP contribution in [0.25, 0.3) is 0 Å². The monoisotopic (exact) mass is 376 g/mol. The van der Waals surface area contributed by atoms with Crippen molar-refractivity contribution >= 4 is 29.8 Å². The highest BCUT2D eigenvalue weighted by atomic mass is 16.7. The molecular formula is C15H20O11. The van der Waals surface area contributed by atoms with Crippen molar-refractivity contribution in [1.82, 2.24) is 0 Å². The fourth-order valence-corrected chi connectivity index (χ4v) is 2.34. The van der Waals surface area contributed by atoms with E-state index in [2.05, 4.69) is 4.74 Å². The maximum Gasteiger partial charge on any atom is 0.339 e. The Balaban J connectivity index is 3.37. The molecule has 0 aliphatic carbocycles. The molecule has 146 valence electrons. The van der Waals surface area contributed by atoms with Gasteiger partial charge in [-0.3, -0.25) is 19.2 Å². The van der Waals surface area contributed by atoms with Gasteiger partial charge in [-0.05, 0) is 0 Å². The third kappa shape index (κ3) is 5.69. The van der Waals surface area contributed by atoms with Crippen LogP contribution in [0.5, 0.6) is 0 Å². The molecule has 1 rings (SSSR count). The lowest BCUT2D eigenvalue weighted by atomic mass is 9.97. The number of methoxy groups -OCH3 is 1. The number of carbonyl (C=O) groups excluding carboxylic acids is 5. The normalized spacial score (nSPS) is 27.7. The summed E-state index contributed by atoms with van der Waals surface area (Å²) in [4.78, 5) is 57.7. The minimum atomic E-state index is -1.60. The van der Waals surface area contributed by atoms with Crippen LogP contribution in [0.2, 0.25) is 0 Å². The summed E-state index contributed by atoms with van der Waals surface area (Å²) in [6, 6.07) is 0. The average Bonchev–Trinajstić information content (AvgIpc) is 2.50. The maximum absolute atomic E-state index is 12.0. The summed E-state index contributed by atoms with van der Waals surface area (Å²) < 4.78 is 30.0. The highest BCUT2D eigenvalue weighted by Gasteiger charge is 2.56. The molecule has 0 aromatic carbocycles. The molecule has 0 radical (unpaired) electrons. The van der Waals surface area contributed by atoms with Crippen LogP contribution < -0.4 is 0 Å². The highest BCUT2D eigenvalue weighted by molar-refractivity contribution is 5.77. The first-order valence-electron chi connectivity index (χ1n) is 7.49. The molecule has 0 N–H and O–H groups in total. The molecule has 1 unspecified atom stereocenters. The van der Waals surface area contributed by atoms with E-state index >= 15 is 0 Å². The van der Waals surface area contributed by atoms with Gasteiger partial charge in [0.25, 0.3) is 0 Å². The molecule has 11 nitrogen and oxygen atoms in total. The van der Waals surface area contributed by atoms with E-state index in [9.17, 15) is 24.0 Å². The lowest BCUT2D eigenvalue weighted by Crippen LogP contribution is -2.64. The zero-order chi connectivity index (χ0) is 20.0. The fraction of sp³-hybridized carbons (Fsp3) is 0.667. The number of ether oxygens (including phenoxy) is 6. The van der Waals surface area contributed by atoms with Crippen molar-refractivity contribution < 1.29 is 52.4 Å². The Kier molecular flexibility index (Phi) is 7.50. The van der Waals surface area contributed by atoms with Crippen LogP contribution in [0, 0.1) is 0 Å². The van der Waals surface area contributed by atoms with E-state index in [1.54, 1.807) is 0 Å². The van der Waals surface area contributed by atoms with Gasteiger partial charge in [0.1, 0.15) is 0 Å². The zero-order valence-corrected chi connectivity index (χ0v) is 14.9. The van der Waals surface area contributed by atoms with Gasteiger partial charge >= 0.3 is 29.8 Å². The predicted octanol–water partition coefficient (Wildman–Crippen LogP) is -0.757. The van der Waals surface area contributed by atoms with Crippen molar-refractivity contribution in [3.63, 3.8) is 0 Å². The summed E-state index contributed by atoms with van der Waals surface area (Å²) in [6.45, 7) is 4.22. The average molecular weight is 376 g/mol. The summed E-state index contributed by atoms with van der Waals surface area (Å²) in [6.07, 6.45) is -7.66. The van der Waals surface area contributed by atoms with Gasteiger partial charge < -0.3 is 28.4 Å². The Bertz CT molecular complexity index is 584. The van der Waals surface area contributed by atoms with Crippen LogP contribution in [-0.2, 0) is 52.4 Å². The molecule has 1 aliphatic heterocycles. The van der Waals surface area contributed by atoms with E-state index in [0.29, 0.717) is 0 Å². The molecule has 1 heterocycles. The topological polar surface area (TPSA) is 141 Å². The van der Waals surface area contributed by atoms with Crippen LogP contribution in [0.4, 0.5) is 0 Å². The van der Waals surface area contributed by atoms with E-state index < -0.39 is 60.6 Å². The summed E-state index contributed by atoms with van der Waals surface area (Å²) in [5.41, 5.74) is 0. The SMILES string of the molecule is COC(=O)[C@@H]1OC(OC(C)=O)[C@H](OC(C)=O)[C@@H](OC(C)=O)[C@@H]1OC(C)=O. The molecule has 0 aromatic rings. The molecule has 5 atom stereocenters. The van der Waals surface area contributed by atoms with Gasteiger partial charge in [0, 0.05) is 27.7 Å². The van der Waals surface area contributed by atoms with Crippen LogP contribution >= 0.6 is 0 Å². The third-order valence-electron chi connectivity index (χ3n) is 3.12. The smallest absolute Gasteiger partial charge is 0.339 e. The second-order valence-corrected chi connectivity index (χ2v) is 5.28. The Morgan fingerprint density at radius 3 is 1.50 bits per heavy atom. The minimum absolute atomic E-state index is 0.814. The van der Waals surface area contributed by atoms with Crippen LogP contribution in [-0.4, -0.2) is 67.7 Å². The highest BCUT2D eigenvalue weighted by Crippen LogP contribution is 2.30. The number of carbonyl (C=O) groups is 5. The molecule has 1 saturated heterocycles. The van der Waals surface area contributed by atoms with Gasteiger partial charge in [0.2, 0.25) is 12.4 Å².